The van der Waals surface area contributed by atoms with E-state index in [0.717, 1.165) is 44.0 Å². The summed E-state index contributed by atoms with van der Waals surface area (Å²) in [5.74, 6) is 1.47. The van der Waals surface area contributed by atoms with Crippen LogP contribution < -0.4 is 5.32 Å². The molecule has 0 saturated carbocycles. The molecule has 1 N–H and O–H groups in total. The van der Waals surface area contributed by atoms with Gasteiger partial charge in [-0.1, -0.05) is 30.3 Å². The zero-order valence-electron chi connectivity index (χ0n) is 13.2. The van der Waals surface area contributed by atoms with E-state index in [1.165, 1.54) is 5.56 Å². The summed E-state index contributed by atoms with van der Waals surface area (Å²) in [5.41, 5.74) is 1.48. The zero-order chi connectivity index (χ0) is 15.1. The van der Waals surface area contributed by atoms with Crippen molar-refractivity contribution in [2.24, 2.45) is 0 Å². The summed E-state index contributed by atoms with van der Waals surface area (Å²) >= 11 is 0. The maximum absolute atomic E-state index is 5.67. The van der Waals surface area contributed by atoms with Crippen LogP contribution in [-0.4, -0.2) is 22.3 Å². The highest BCUT2D eigenvalue weighted by Crippen LogP contribution is 2.08. The summed E-state index contributed by atoms with van der Waals surface area (Å²) in [6, 6.07) is 10.5. The topological polar surface area (TPSA) is 51.0 Å². The third-order valence-electron chi connectivity index (χ3n) is 3.20. The SMILES string of the molecule is CC(C)(C)NCCc1nnc(CCCc2ccccc2)o1. The molecule has 0 amide bonds. The van der Waals surface area contributed by atoms with E-state index in [9.17, 15) is 0 Å². The quantitative estimate of drug-likeness (QED) is 0.850. The van der Waals surface area contributed by atoms with Crippen LogP contribution in [0.3, 0.4) is 0 Å². The molecule has 0 fully saturated rings. The van der Waals surface area contributed by atoms with E-state index in [4.69, 9.17) is 4.42 Å². The van der Waals surface area contributed by atoms with Crippen molar-refractivity contribution in [3.63, 3.8) is 0 Å². The zero-order valence-corrected chi connectivity index (χ0v) is 13.2. The fourth-order valence-electron chi connectivity index (χ4n) is 2.12. The molecule has 0 aliphatic heterocycles. The molecule has 21 heavy (non-hydrogen) atoms. The lowest BCUT2D eigenvalue weighted by atomic mass is 10.1. The summed E-state index contributed by atoms with van der Waals surface area (Å²) in [5, 5.41) is 11.6. The molecule has 114 valence electrons. The Morgan fingerprint density at radius 1 is 0.952 bits per heavy atom. The highest BCUT2D eigenvalue weighted by molar-refractivity contribution is 5.14. The lowest BCUT2D eigenvalue weighted by molar-refractivity contribution is 0.400. The monoisotopic (exact) mass is 287 g/mol. The first-order valence-electron chi connectivity index (χ1n) is 7.63. The Kier molecular flexibility index (Phi) is 5.51. The number of rotatable bonds is 7. The maximum Gasteiger partial charge on any atom is 0.217 e. The number of aromatic nitrogens is 2. The third-order valence-corrected chi connectivity index (χ3v) is 3.20. The van der Waals surface area contributed by atoms with Gasteiger partial charge in [0.15, 0.2) is 0 Å². The Morgan fingerprint density at radius 3 is 2.29 bits per heavy atom. The van der Waals surface area contributed by atoms with E-state index in [0.29, 0.717) is 0 Å². The van der Waals surface area contributed by atoms with Gasteiger partial charge in [-0.3, -0.25) is 0 Å². The number of hydrogen-bond acceptors (Lipinski definition) is 4. The minimum atomic E-state index is 0.124. The maximum atomic E-state index is 5.67. The van der Waals surface area contributed by atoms with Crippen LogP contribution in [0.15, 0.2) is 34.7 Å². The predicted molar refractivity (Wildman–Crippen MR) is 84.2 cm³/mol. The van der Waals surface area contributed by atoms with Crippen molar-refractivity contribution in [2.45, 2.75) is 52.0 Å². The minimum absolute atomic E-state index is 0.124. The molecule has 0 saturated heterocycles. The molecule has 1 aromatic heterocycles. The molecule has 0 aliphatic rings. The summed E-state index contributed by atoms with van der Waals surface area (Å²) in [6.45, 7) is 7.30. The Balaban J connectivity index is 1.70. The van der Waals surface area contributed by atoms with Crippen molar-refractivity contribution in [3.8, 4) is 0 Å². The van der Waals surface area contributed by atoms with Crippen molar-refractivity contribution < 1.29 is 4.42 Å². The van der Waals surface area contributed by atoms with Crippen LogP contribution in [0.1, 0.15) is 44.5 Å². The predicted octanol–water partition coefficient (Wildman–Crippen LogP) is 3.18. The van der Waals surface area contributed by atoms with Crippen LogP contribution in [0.5, 0.6) is 0 Å². The number of aryl methyl sites for hydroxylation is 2. The number of benzene rings is 1. The van der Waals surface area contributed by atoms with Crippen LogP contribution in [0.2, 0.25) is 0 Å². The van der Waals surface area contributed by atoms with Crippen molar-refractivity contribution in [2.75, 3.05) is 6.54 Å². The second kappa shape index (κ2) is 7.36. The molecule has 1 heterocycles. The van der Waals surface area contributed by atoms with Gasteiger partial charge in [0.1, 0.15) is 0 Å². The molecule has 0 spiro atoms. The van der Waals surface area contributed by atoms with Gasteiger partial charge in [-0.25, -0.2) is 0 Å². The number of nitrogens with zero attached hydrogens (tertiary/aromatic N) is 2. The first-order valence-corrected chi connectivity index (χ1v) is 7.63. The molecule has 0 aliphatic carbocycles. The molecule has 4 nitrogen and oxygen atoms in total. The van der Waals surface area contributed by atoms with E-state index >= 15 is 0 Å². The first kappa shape index (κ1) is 15.7. The van der Waals surface area contributed by atoms with Gasteiger partial charge in [0.25, 0.3) is 0 Å². The second-order valence-electron chi connectivity index (χ2n) is 6.36. The highest BCUT2D eigenvalue weighted by atomic mass is 16.4. The van der Waals surface area contributed by atoms with Gasteiger partial charge < -0.3 is 9.73 Å². The first-order chi connectivity index (χ1) is 10.0. The molecule has 0 unspecified atom stereocenters. The van der Waals surface area contributed by atoms with Crippen LogP contribution in [0.4, 0.5) is 0 Å². The van der Waals surface area contributed by atoms with Crippen molar-refractivity contribution in [1.82, 2.24) is 15.5 Å². The fraction of sp³-hybridized carbons (Fsp3) is 0.529. The highest BCUT2D eigenvalue weighted by Gasteiger charge is 2.10. The molecule has 2 rings (SSSR count). The van der Waals surface area contributed by atoms with Crippen LogP contribution in [-0.2, 0) is 19.3 Å². The molecule has 1 aromatic carbocycles. The van der Waals surface area contributed by atoms with Crippen molar-refractivity contribution in [3.05, 3.63) is 47.7 Å². The van der Waals surface area contributed by atoms with Gasteiger partial charge in [-0.15, -0.1) is 10.2 Å². The number of nitrogens with one attached hydrogen (secondary N) is 1. The Labute approximate surface area is 127 Å². The van der Waals surface area contributed by atoms with Crippen LogP contribution in [0.25, 0.3) is 0 Å². The third kappa shape index (κ3) is 6.08. The smallest absolute Gasteiger partial charge is 0.217 e. The van der Waals surface area contributed by atoms with E-state index < -0.39 is 0 Å². The summed E-state index contributed by atoms with van der Waals surface area (Å²) < 4.78 is 5.67. The van der Waals surface area contributed by atoms with E-state index in [1.54, 1.807) is 0 Å². The van der Waals surface area contributed by atoms with Crippen molar-refractivity contribution in [1.29, 1.82) is 0 Å². The average molecular weight is 287 g/mol. The lowest BCUT2D eigenvalue weighted by Gasteiger charge is -2.19. The van der Waals surface area contributed by atoms with Gasteiger partial charge in [-0.05, 0) is 39.2 Å². The average Bonchev–Trinajstić information content (AvgIpc) is 2.86. The summed E-state index contributed by atoms with van der Waals surface area (Å²) in [7, 11) is 0. The van der Waals surface area contributed by atoms with Gasteiger partial charge in [-0.2, -0.15) is 0 Å². The summed E-state index contributed by atoms with van der Waals surface area (Å²) in [6.07, 6.45) is 3.70. The van der Waals surface area contributed by atoms with Crippen LogP contribution >= 0.6 is 0 Å². The van der Waals surface area contributed by atoms with Gasteiger partial charge in [0.05, 0.1) is 0 Å². The molecular formula is C17H25N3O. The fourth-order valence-corrected chi connectivity index (χ4v) is 2.12. The molecule has 0 radical (unpaired) electrons. The normalized spacial score (nSPS) is 11.8. The molecule has 0 bridgehead atoms. The van der Waals surface area contributed by atoms with Gasteiger partial charge in [0.2, 0.25) is 11.8 Å². The number of hydrogen-bond donors (Lipinski definition) is 1. The Bertz CT molecular complexity index is 528. The van der Waals surface area contributed by atoms with Gasteiger partial charge in [0, 0.05) is 24.9 Å². The second-order valence-corrected chi connectivity index (χ2v) is 6.36. The molecule has 0 atom stereocenters. The van der Waals surface area contributed by atoms with E-state index in [1.807, 2.05) is 6.07 Å². The molecular weight excluding hydrogens is 262 g/mol. The standard InChI is InChI=1S/C17H25N3O/c1-17(2,3)18-13-12-16-20-19-15(21-16)11-7-10-14-8-5-4-6-9-14/h4-6,8-9,18H,7,10-13H2,1-3H3. The Morgan fingerprint density at radius 2 is 1.62 bits per heavy atom. The molecule has 4 heteroatoms. The Hall–Kier alpha value is -1.68. The lowest BCUT2D eigenvalue weighted by Crippen LogP contribution is -2.37. The molecule has 2 aromatic rings. The largest absolute Gasteiger partial charge is 0.425 e. The van der Waals surface area contributed by atoms with E-state index in [2.05, 4.69) is 60.6 Å². The summed E-state index contributed by atoms with van der Waals surface area (Å²) in [4.78, 5) is 0. The minimum Gasteiger partial charge on any atom is -0.425 e. The van der Waals surface area contributed by atoms with Gasteiger partial charge >= 0.3 is 0 Å². The van der Waals surface area contributed by atoms with E-state index in [-0.39, 0.29) is 5.54 Å². The van der Waals surface area contributed by atoms with Crippen LogP contribution in [0, 0.1) is 0 Å². The van der Waals surface area contributed by atoms with Crippen molar-refractivity contribution >= 4 is 0 Å².